The van der Waals surface area contributed by atoms with Crippen molar-refractivity contribution in [3.8, 4) is 5.75 Å². The molecule has 25 heavy (non-hydrogen) atoms. The van der Waals surface area contributed by atoms with Gasteiger partial charge in [-0.15, -0.1) is 4.83 Å². The smallest absolute Gasteiger partial charge is 0.266 e. The van der Waals surface area contributed by atoms with Gasteiger partial charge in [-0.3, -0.25) is 10.2 Å². The van der Waals surface area contributed by atoms with Crippen LogP contribution >= 0.6 is 0 Å². The molecule has 2 aromatic carbocycles. The summed E-state index contributed by atoms with van der Waals surface area (Å²) in [6, 6.07) is 7.95. The number of rotatable bonds is 6. The Morgan fingerprint density at radius 2 is 1.72 bits per heavy atom. The average Bonchev–Trinajstić information content (AvgIpc) is 2.55. The molecule has 6 nitrogen and oxygen atoms in total. The van der Waals surface area contributed by atoms with E-state index in [0.717, 1.165) is 6.07 Å². The number of amides is 1. The van der Waals surface area contributed by atoms with Gasteiger partial charge in [0.15, 0.2) is 0 Å². The first kappa shape index (κ1) is 18.8. The molecule has 0 aliphatic heterocycles. The van der Waals surface area contributed by atoms with Gasteiger partial charge in [0.2, 0.25) is 0 Å². The lowest BCUT2D eigenvalue weighted by Gasteiger charge is -2.11. The van der Waals surface area contributed by atoms with E-state index in [9.17, 15) is 22.0 Å². The largest absolute Gasteiger partial charge is 0.491 e. The normalized spacial score (nSPS) is 11.4. The van der Waals surface area contributed by atoms with Crippen LogP contribution in [0.25, 0.3) is 0 Å². The predicted molar refractivity (Wildman–Crippen MR) is 86.4 cm³/mol. The number of hydrogen-bond acceptors (Lipinski definition) is 4. The monoisotopic (exact) mass is 370 g/mol. The number of halogens is 2. The van der Waals surface area contributed by atoms with Gasteiger partial charge >= 0.3 is 0 Å². The Hall–Kier alpha value is -2.52. The highest BCUT2D eigenvalue weighted by molar-refractivity contribution is 7.89. The highest BCUT2D eigenvalue weighted by Gasteiger charge is 2.21. The van der Waals surface area contributed by atoms with Crippen LogP contribution in [0.2, 0.25) is 0 Å². The zero-order chi connectivity index (χ0) is 18.6. The van der Waals surface area contributed by atoms with E-state index in [4.69, 9.17) is 4.74 Å². The summed E-state index contributed by atoms with van der Waals surface area (Å²) >= 11 is 0. The maximum Gasteiger partial charge on any atom is 0.266 e. The number of benzene rings is 2. The van der Waals surface area contributed by atoms with Crippen molar-refractivity contribution < 1.29 is 26.7 Å². The fourth-order valence-corrected chi connectivity index (χ4v) is 2.81. The molecule has 0 saturated carbocycles. The first-order valence-electron chi connectivity index (χ1n) is 7.23. The van der Waals surface area contributed by atoms with Crippen LogP contribution in [-0.2, 0) is 10.0 Å². The van der Waals surface area contributed by atoms with Crippen LogP contribution in [0.1, 0.15) is 24.2 Å². The van der Waals surface area contributed by atoms with Gasteiger partial charge in [0, 0.05) is 5.56 Å². The Morgan fingerprint density at radius 1 is 1.08 bits per heavy atom. The molecule has 0 saturated heterocycles. The van der Waals surface area contributed by atoms with Gasteiger partial charge in [-0.2, -0.15) is 0 Å². The second-order valence-electron chi connectivity index (χ2n) is 5.33. The average molecular weight is 370 g/mol. The molecule has 0 aromatic heterocycles. The maximum atomic E-state index is 13.5. The van der Waals surface area contributed by atoms with Gasteiger partial charge in [0.25, 0.3) is 15.9 Å². The highest BCUT2D eigenvalue weighted by Crippen LogP contribution is 2.16. The molecule has 0 atom stereocenters. The van der Waals surface area contributed by atoms with Crippen molar-refractivity contribution in [2.45, 2.75) is 24.8 Å². The summed E-state index contributed by atoms with van der Waals surface area (Å²) < 4.78 is 56.0. The topological polar surface area (TPSA) is 84.5 Å². The number of ether oxygens (including phenoxy) is 1. The summed E-state index contributed by atoms with van der Waals surface area (Å²) in [5.74, 6) is -2.28. The van der Waals surface area contributed by atoms with Crippen molar-refractivity contribution in [1.82, 2.24) is 10.3 Å². The van der Waals surface area contributed by atoms with Crippen molar-refractivity contribution in [2.24, 2.45) is 0 Å². The van der Waals surface area contributed by atoms with E-state index >= 15 is 0 Å². The first-order valence-corrected chi connectivity index (χ1v) is 8.71. The molecule has 2 N–H and O–H groups in total. The van der Waals surface area contributed by atoms with Crippen LogP contribution in [-0.4, -0.2) is 20.4 Å². The Labute approximate surface area is 143 Å². The Morgan fingerprint density at radius 3 is 2.32 bits per heavy atom. The van der Waals surface area contributed by atoms with Crippen LogP contribution in [0.3, 0.4) is 0 Å². The first-order chi connectivity index (χ1) is 11.7. The fraction of sp³-hybridized carbons (Fsp3) is 0.188. The minimum atomic E-state index is -4.46. The van der Waals surface area contributed by atoms with Crippen LogP contribution in [0, 0.1) is 11.6 Å². The number of nitrogens with one attached hydrogen (secondary N) is 2. The standard InChI is InChI=1S/C16H16F2N2O4S/c1-10(2)24-13-6-3-11(4-7-13)16(21)19-20-25(22,23)15-9-12(17)5-8-14(15)18/h3-10,20H,1-2H3,(H,19,21). The molecule has 0 radical (unpaired) electrons. The van der Waals surface area contributed by atoms with E-state index in [1.165, 1.54) is 12.1 Å². The van der Waals surface area contributed by atoms with Crippen molar-refractivity contribution in [1.29, 1.82) is 0 Å². The molecule has 134 valence electrons. The van der Waals surface area contributed by atoms with Crippen molar-refractivity contribution in [3.63, 3.8) is 0 Å². The zero-order valence-corrected chi connectivity index (χ0v) is 14.2. The number of carbonyl (C=O) groups excluding carboxylic acids is 1. The molecular formula is C16H16F2N2O4S. The molecule has 0 unspecified atom stereocenters. The Kier molecular flexibility index (Phi) is 5.70. The fourth-order valence-electron chi connectivity index (χ4n) is 1.88. The third-order valence-electron chi connectivity index (χ3n) is 2.97. The lowest BCUT2D eigenvalue weighted by molar-refractivity contribution is 0.0945. The molecule has 9 heteroatoms. The Balaban J connectivity index is 2.07. The van der Waals surface area contributed by atoms with Gasteiger partial charge < -0.3 is 4.74 Å². The number of hydrazine groups is 1. The van der Waals surface area contributed by atoms with E-state index in [1.54, 1.807) is 17.0 Å². The third-order valence-corrected chi connectivity index (χ3v) is 4.23. The molecule has 0 aliphatic carbocycles. The summed E-state index contributed by atoms with van der Waals surface area (Å²) in [7, 11) is -4.46. The van der Waals surface area contributed by atoms with Crippen LogP contribution in [0.5, 0.6) is 5.75 Å². The zero-order valence-electron chi connectivity index (χ0n) is 13.4. The number of hydrogen-bond donors (Lipinski definition) is 2. The number of carbonyl (C=O) groups is 1. The minimum Gasteiger partial charge on any atom is -0.491 e. The minimum absolute atomic E-state index is 0.0346. The lowest BCUT2D eigenvalue weighted by atomic mass is 10.2. The highest BCUT2D eigenvalue weighted by atomic mass is 32.2. The molecule has 2 rings (SSSR count). The van der Waals surface area contributed by atoms with Crippen molar-refractivity contribution >= 4 is 15.9 Å². The van der Waals surface area contributed by atoms with Gasteiger partial charge in [-0.1, -0.05) is 0 Å². The second-order valence-corrected chi connectivity index (χ2v) is 6.98. The molecule has 2 aromatic rings. The SMILES string of the molecule is CC(C)Oc1ccc(C(=O)NNS(=O)(=O)c2cc(F)ccc2F)cc1. The quantitative estimate of drug-likeness (QED) is 0.765. The van der Waals surface area contributed by atoms with Gasteiger partial charge in [-0.25, -0.2) is 17.2 Å². The van der Waals surface area contributed by atoms with E-state index in [2.05, 4.69) is 0 Å². The van der Waals surface area contributed by atoms with Gasteiger partial charge in [0.05, 0.1) is 6.10 Å². The van der Waals surface area contributed by atoms with E-state index < -0.39 is 32.5 Å². The summed E-state index contributed by atoms with van der Waals surface area (Å²) in [6.45, 7) is 3.70. The van der Waals surface area contributed by atoms with E-state index in [0.29, 0.717) is 17.9 Å². The molecule has 0 spiro atoms. The Bertz CT molecular complexity index is 868. The maximum absolute atomic E-state index is 13.5. The lowest BCUT2D eigenvalue weighted by Crippen LogP contribution is -2.41. The summed E-state index contributed by atoms with van der Waals surface area (Å²) in [4.78, 5) is 12.8. The summed E-state index contributed by atoms with van der Waals surface area (Å²) in [5.41, 5.74) is 2.09. The molecule has 0 bridgehead atoms. The van der Waals surface area contributed by atoms with Gasteiger partial charge in [0.1, 0.15) is 22.3 Å². The van der Waals surface area contributed by atoms with Crippen LogP contribution < -0.4 is 15.0 Å². The van der Waals surface area contributed by atoms with Crippen molar-refractivity contribution in [3.05, 3.63) is 59.7 Å². The van der Waals surface area contributed by atoms with E-state index in [-0.39, 0.29) is 11.7 Å². The molecular weight excluding hydrogens is 354 g/mol. The van der Waals surface area contributed by atoms with Crippen LogP contribution in [0.15, 0.2) is 47.4 Å². The van der Waals surface area contributed by atoms with Crippen molar-refractivity contribution in [2.75, 3.05) is 0 Å². The molecule has 0 heterocycles. The second kappa shape index (κ2) is 7.58. The molecule has 0 fully saturated rings. The molecule has 0 aliphatic rings. The number of sulfonamides is 1. The molecule has 1 amide bonds. The van der Waals surface area contributed by atoms with Crippen LogP contribution in [0.4, 0.5) is 8.78 Å². The predicted octanol–water partition coefficient (Wildman–Crippen LogP) is 2.38. The third kappa shape index (κ3) is 4.97. The summed E-state index contributed by atoms with van der Waals surface area (Å²) in [6.07, 6.45) is -0.0346. The summed E-state index contributed by atoms with van der Waals surface area (Å²) in [5, 5.41) is 0. The van der Waals surface area contributed by atoms with E-state index in [1.807, 2.05) is 19.3 Å². The van der Waals surface area contributed by atoms with Gasteiger partial charge in [-0.05, 0) is 56.3 Å².